The van der Waals surface area contributed by atoms with Gasteiger partial charge in [-0.15, -0.1) is 0 Å². The molecule has 0 saturated carbocycles. The Morgan fingerprint density at radius 2 is 1.50 bits per heavy atom. The van der Waals surface area contributed by atoms with E-state index < -0.39 is 0 Å². The molecule has 0 unspecified atom stereocenters. The van der Waals surface area contributed by atoms with E-state index >= 15 is 0 Å². The molecular formula is C20H26N2O2. The summed E-state index contributed by atoms with van der Waals surface area (Å²) in [6.45, 7) is 7.04. The van der Waals surface area contributed by atoms with Crippen LogP contribution < -0.4 is 9.47 Å². The molecule has 1 fully saturated rings. The highest BCUT2D eigenvalue weighted by Gasteiger charge is 2.17. The molecule has 0 aromatic heterocycles. The molecule has 1 aliphatic heterocycles. The molecule has 0 N–H and O–H groups in total. The number of hydrogen-bond donors (Lipinski definition) is 0. The average Bonchev–Trinajstić information content (AvgIpc) is 2.64. The lowest BCUT2D eigenvalue weighted by Gasteiger charge is -2.34. The quantitative estimate of drug-likeness (QED) is 0.781. The van der Waals surface area contributed by atoms with Crippen molar-refractivity contribution in [2.24, 2.45) is 0 Å². The molecule has 0 radical (unpaired) electrons. The second-order valence-corrected chi connectivity index (χ2v) is 6.09. The Hall–Kier alpha value is -2.04. The van der Waals surface area contributed by atoms with E-state index in [4.69, 9.17) is 9.47 Å². The first-order valence-electron chi connectivity index (χ1n) is 8.59. The molecule has 2 aromatic rings. The van der Waals surface area contributed by atoms with Crippen molar-refractivity contribution < 1.29 is 9.47 Å². The molecule has 0 bridgehead atoms. The first kappa shape index (κ1) is 16.8. The van der Waals surface area contributed by atoms with Crippen molar-refractivity contribution in [3.05, 3.63) is 60.2 Å². The van der Waals surface area contributed by atoms with Gasteiger partial charge in [0, 0.05) is 44.8 Å². The SMILES string of the molecule is COc1ccccc1CN1CCN(CCOc2ccccc2)CC1. The smallest absolute Gasteiger partial charge is 0.123 e. The van der Waals surface area contributed by atoms with Gasteiger partial charge in [-0.2, -0.15) is 0 Å². The van der Waals surface area contributed by atoms with Crippen LogP contribution in [0.1, 0.15) is 5.56 Å². The molecule has 0 spiro atoms. The van der Waals surface area contributed by atoms with Gasteiger partial charge in [-0.05, 0) is 18.2 Å². The van der Waals surface area contributed by atoms with Crippen molar-refractivity contribution in [2.45, 2.75) is 6.54 Å². The summed E-state index contributed by atoms with van der Waals surface area (Å²) in [7, 11) is 1.74. The molecule has 128 valence electrons. The maximum Gasteiger partial charge on any atom is 0.123 e. The van der Waals surface area contributed by atoms with Crippen molar-refractivity contribution in [3.63, 3.8) is 0 Å². The second kappa shape index (κ2) is 8.71. The third kappa shape index (κ3) is 4.73. The lowest BCUT2D eigenvalue weighted by Crippen LogP contribution is -2.47. The Morgan fingerprint density at radius 1 is 0.833 bits per heavy atom. The van der Waals surface area contributed by atoms with Gasteiger partial charge in [-0.3, -0.25) is 9.80 Å². The molecule has 1 aliphatic rings. The lowest BCUT2D eigenvalue weighted by molar-refractivity contribution is 0.112. The van der Waals surface area contributed by atoms with Crippen molar-refractivity contribution in [3.8, 4) is 11.5 Å². The first-order valence-corrected chi connectivity index (χ1v) is 8.59. The molecule has 4 nitrogen and oxygen atoms in total. The van der Waals surface area contributed by atoms with Gasteiger partial charge in [0.05, 0.1) is 7.11 Å². The molecule has 3 rings (SSSR count). The van der Waals surface area contributed by atoms with E-state index in [-0.39, 0.29) is 0 Å². The van der Waals surface area contributed by atoms with Gasteiger partial charge in [0.25, 0.3) is 0 Å². The highest BCUT2D eigenvalue weighted by Crippen LogP contribution is 2.20. The third-order valence-electron chi connectivity index (χ3n) is 4.47. The molecule has 1 saturated heterocycles. The van der Waals surface area contributed by atoms with Gasteiger partial charge < -0.3 is 9.47 Å². The minimum absolute atomic E-state index is 0.747. The number of piperazine rings is 1. The number of para-hydroxylation sites is 2. The minimum Gasteiger partial charge on any atom is -0.496 e. The fourth-order valence-electron chi connectivity index (χ4n) is 3.05. The van der Waals surface area contributed by atoms with Crippen LogP contribution in [-0.4, -0.2) is 56.2 Å². The Balaban J connectivity index is 1.39. The maximum atomic E-state index is 5.79. The Kier molecular flexibility index (Phi) is 6.10. The highest BCUT2D eigenvalue weighted by atomic mass is 16.5. The van der Waals surface area contributed by atoms with Crippen LogP contribution in [0.25, 0.3) is 0 Å². The fraction of sp³-hybridized carbons (Fsp3) is 0.400. The van der Waals surface area contributed by atoms with Gasteiger partial charge in [-0.1, -0.05) is 36.4 Å². The van der Waals surface area contributed by atoms with E-state index in [1.165, 1.54) is 5.56 Å². The number of benzene rings is 2. The zero-order valence-corrected chi connectivity index (χ0v) is 14.4. The van der Waals surface area contributed by atoms with Crippen LogP contribution in [0.5, 0.6) is 11.5 Å². The molecule has 1 heterocycles. The first-order chi connectivity index (χ1) is 11.8. The second-order valence-electron chi connectivity index (χ2n) is 6.09. The topological polar surface area (TPSA) is 24.9 Å². The summed E-state index contributed by atoms with van der Waals surface area (Å²) in [6.07, 6.45) is 0. The average molecular weight is 326 g/mol. The zero-order valence-electron chi connectivity index (χ0n) is 14.4. The number of nitrogens with zero attached hydrogens (tertiary/aromatic N) is 2. The van der Waals surface area contributed by atoms with Crippen LogP contribution in [0.4, 0.5) is 0 Å². The summed E-state index contributed by atoms with van der Waals surface area (Å²) in [5, 5.41) is 0. The van der Waals surface area contributed by atoms with Crippen LogP contribution >= 0.6 is 0 Å². The van der Waals surface area contributed by atoms with Crippen LogP contribution in [0.2, 0.25) is 0 Å². The summed E-state index contributed by atoms with van der Waals surface area (Å²) in [5.41, 5.74) is 1.26. The van der Waals surface area contributed by atoms with Gasteiger partial charge in [-0.25, -0.2) is 0 Å². The predicted molar refractivity (Wildman–Crippen MR) is 96.6 cm³/mol. The van der Waals surface area contributed by atoms with Gasteiger partial charge in [0.1, 0.15) is 18.1 Å². The predicted octanol–water partition coefficient (Wildman–Crippen LogP) is 2.89. The van der Waals surface area contributed by atoms with Crippen molar-refractivity contribution in [1.29, 1.82) is 0 Å². The number of rotatable bonds is 7. The Bertz CT molecular complexity index is 610. The largest absolute Gasteiger partial charge is 0.496 e. The summed E-state index contributed by atoms with van der Waals surface area (Å²) in [4.78, 5) is 4.97. The fourth-order valence-corrected chi connectivity index (χ4v) is 3.05. The van der Waals surface area contributed by atoms with Crippen LogP contribution in [0.3, 0.4) is 0 Å². The third-order valence-corrected chi connectivity index (χ3v) is 4.47. The Labute approximate surface area is 144 Å². The molecule has 0 aliphatic carbocycles. The molecule has 0 atom stereocenters. The lowest BCUT2D eigenvalue weighted by atomic mass is 10.1. The van der Waals surface area contributed by atoms with Crippen molar-refractivity contribution in [1.82, 2.24) is 9.80 Å². The van der Waals surface area contributed by atoms with Crippen LogP contribution in [0.15, 0.2) is 54.6 Å². The van der Waals surface area contributed by atoms with Crippen molar-refractivity contribution in [2.75, 3.05) is 46.4 Å². The van der Waals surface area contributed by atoms with E-state index in [1.54, 1.807) is 7.11 Å². The van der Waals surface area contributed by atoms with E-state index in [2.05, 4.69) is 21.9 Å². The zero-order chi connectivity index (χ0) is 16.6. The highest BCUT2D eigenvalue weighted by molar-refractivity contribution is 5.33. The standard InChI is InChI=1S/C20H26N2O2/c1-23-20-10-6-5-7-18(20)17-22-13-11-21(12-14-22)15-16-24-19-8-3-2-4-9-19/h2-10H,11-17H2,1H3. The molecular weight excluding hydrogens is 300 g/mol. The normalized spacial score (nSPS) is 16.0. The Morgan fingerprint density at radius 3 is 2.25 bits per heavy atom. The molecule has 4 heteroatoms. The van der Waals surface area contributed by atoms with E-state index in [1.807, 2.05) is 42.5 Å². The summed E-state index contributed by atoms with van der Waals surface area (Å²) in [6, 6.07) is 18.3. The maximum absolute atomic E-state index is 5.79. The summed E-state index contributed by atoms with van der Waals surface area (Å²) in [5.74, 6) is 1.93. The minimum atomic E-state index is 0.747. The van der Waals surface area contributed by atoms with Gasteiger partial charge in [0.2, 0.25) is 0 Å². The van der Waals surface area contributed by atoms with Crippen LogP contribution in [-0.2, 0) is 6.54 Å². The van der Waals surface area contributed by atoms with E-state index in [0.717, 1.165) is 57.4 Å². The summed E-state index contributed by atoms with van der Waals surface area (Å²) >= 11 is 0. The summed E-state index contributed by atoms with van der Waals surface area (Å²) < 4.78 is 11.2. The van der Waals surface area contributed by atoms with E-state index in [0.29, 0.717) is 0 Å². The van der Waals surface area contributed by atoms with Crippen molar-refractivity contribution >= 4 is 0 Å². The number of ether oxygens (including phenoxy) is 2. The monoisotopic (exact) mass is 326 g/mol. The molecule has 24 heavy (non-hydrogen) atoms. The molecule has 0 amide bonds. The van der Waals surface area contributed by atoms with Gasteiger partial charge >= 0.3 is 0 Å². The van der Waals surface area contributed by atoms with Crippen LogP contribution in [0, 0.1) is 0 Å². The molecule has 2 aromatic carbocycles. The number of methoxy groups -OCH3 is 1. The van der Waals surface area contributed by atoms with Gasteiger partial charge in [0.15, 0.2) is 0 Å². The number of hydrogen-bond acceptors (Lipinski definition) is 4. The van der Waals surface area contributed by atoms with E-state index in [9.17, 15) is 0 Å².